The maximum atomic E-state index is 8.40. The average molecular weight is 147 g/mol. The van der Waals surface area contributed by atoms with Gasteiger partial charge in [0.2, 0.25) is 0 Å². The Labute approximate surface area is 63.5 Å². The van der Waals surface area contributed by atoms with Crippen LogP contribution in [0.5, 0.6) is 0 Å². The van der Waals surface area contributed by atoms with Gasteiger partial charge in [0.25, 0.3) is 0 Å². The molecular formula is C6H5N5. The van der Waals surface area contributed by atoms with Gasteiger partial charge in [-0.05, 0) is 0 Å². The molecule has 0 saturated carbocycles. The summed E-state index contributed by atoms with van der Waals surface area (Å²) < 4.78 is 0. The normalized spacial score (nSPS) is 22.5. The number of nitrogens with zero attached hydrogens (tertiary/aromatic N) is 4. The molecule has 5 nitrogen and oxygen atoms in total. The summed E-state index contributed by atoms with van der Waals surface area (Å²) in [6.45, 7) is 0.236. The summed E-state index contributed by atoms with van der Waals surface area (Å²) in [6, 6.07) is 3.16. The van der Waals surface area contributed by atoms with E-state index in [1.165, 1.54) is 0 Å². The second-order valence-electron chi connectivity index (χ2n) is 1.96. The standard InChI is InChI=1S/C6H5N5/c7-1-4-3-10-5(2-8)6(9)11-4/h4H,3H2,(H2,9,11). The van der Waals surface area contributed by atoms with Gasteiger partial charge in [-0.2, -0.15) is 10.5 Å². The van der Waals surface area contributed by atoms with E-state index >= 15 is 0 Å². The zero-order valence-corrected chi connectivity index (χ0v) is 5.65. The molecule has 1 aliphatic rings. The van der Waals surface area contributed by atoms with Crippen LogP contribution in [-0.2, 0) is 0 Å². The first-order valence-corrected chi connectivity index (χ1v) is 2.95. The van der Waals surface area contributed by atoms with Crippen LogP contribution in [0.2, 0.25) is 0 Å². The van der Waals surface area contributed by atoms with Crippen molar-refractivity contribution in [3.05, 3.63) is 0 Å². The quantitative estimate of drug-likeness (QED) is 0.486. The lowest BCUT2D eigenvalue weighted by atomic mass is 10.2. The predicted molar refractivity (Wildman–Crippen MR) is 38.9 cm³/mol. The van der Waals surface area contributed by atoms with E-state index in [9.17, 15) is 0 Å². The topological polar surface area (TPSA) is 98.3 Å². The average Bonchev–Trinajstić information content (AvgIpc) is 2.04. The molecule has 11 heavy (non-hydrogen) atoms. The van der Waals surface area contributed by atoms with Gasteiger partial charge in [0.05, 0.1) is 12.6 Å². The van der Waals surface area contributed by atoms with Crippen LogP contribution in [0.4, 0.5) is 0 Å². The van der Waals surface area contributed by atoms with Crippen molar-refractivity contribution in [3.8, 4) is 12.1 Å². The van der Waals surface area contributed by atoms with Crippen LogP contribution in [0, 0.1) is 22.7 Å². The van der Waals surface area contributed by atoms with Crippen LogP contribution in [0.15, 0.2) is 9.98 Å². The van der Waals surface area contributed by atoms with Gasteiger partial charge < -0.3 is 5.73 Å². The second-order valence-corrected chi connectivity index (χ2v) is 1.96. The van der Waals surface area contributed by atoms with Crippen LogP contribution in [-0.4, -0.2) is 24.1 Å². The molecule has 0 aliphatic carbocycles. The van der Waals surface area contributed by atoms with Gasteiger partial charge in [0.1, 0.15) is 6.07 Å². The van der Waals surface area contributed by atoms with Crippen molar-refractivity contribution in [1.29, 1.82) is 10.5 Å². The fraction of sp³-hybridized carbons (Fsp3) is 0.333. The maximum Gasteiger partial charge on any atom is 0.177 e. The summed E-state index contributed by atoms with van der Waals surface area (Å²) >= 11 is 0. The Morgan fingerprint density at radius 1 is 1.55 bits per heavy atom. The summed E-state index contributed by atoms with van der Waals surface area (Å²) in [5.74, 6) is 0.0605. The molecule has 1 heterocycles. The molecule has 0 saturated heterocycles. The van der Waals surface area contributed by atoms with Crippen molar-refractivity contribution in [3.63, 3.8) is 0 Å². The third kappa shape index (κ3) is 1.33. The highest BCUT2D eigenvalue weighted by molar-refractivity contribution is 6.47. The van der Waals surface area contributed by atoms with Gasteiger partial charge in [-0.1, -0.05) is 0 Å². The van der Waals surface area contributed by atoms with Gasteiger partial charge in [-0.3, -0.25) is 4.99 Å². The zero-order chi connectivity index (χ0) is 8.27. The largest absolute Gasteiger partial charge is 0.382 e. The number of hydrogen-bond acceptors (Lipinski definition) is 5. The Morgan fingerprint density at radius 3 is 2.73 bits per heavy atom. The minimum absolute atomic E-state index is 0.0605. The van der Waals surface area contributed by atoms with Crippen LogP contribution in [0.1, 0.15) is 0 Å². The predicted octanol–water partition coefficient (Wildman–Crippen LogP) is -0.786. The Kier molecular flexibility index (Phi) is 1.84. The van der Waals surface area contributed by atoms with E-state index in [1.807, 2.05) is 6.07 Å². The van der Waals surface area contributed by atoms with E-state index < -0.39 is 6.04 Å². The van der Waals surface area contributed by atoms with Crippen LogP contribution in [0.3, 0.4) is 0 Å². The molecule has 0 amide bonds. The molecule has 0 aromatic carbocycles. The number of nitriles is 2. The summed E-state index contributed by atoms with van der Waals surface area (Å²) in [4.78, 5) is 7.49. The van der Waals surface area contributed by atoms with Crippen LogP contribution >= 0.6 is 0 Å². The van der Waals surface area contributed by atoms with Gasteiger partial charge >= 0.3 is 0 Å². The van der Waals surface area contributed by atoms with E-state index in [-0.39, 0.29) is 18.1 Å². The molecule has 0 aromatic rings. The number of hydrogen-bond donors (Lipinski definition) is 1. The van der Waals surface area contributed by atoms with Crippen molar-refractivity contribution in [2.24, 2.45) is 15.7 Å². The fourth-order valence-corrected chi connectivity index (χ4v) is 0.691. The first-order chi connectivity index (χ1) is 5.27. The molecule has 0 spiro atoms. The molecule has 0 fully saturated rings. The zero-order valence-electron chi connectivity index (χ0n) is 5.65. The van der Waals surface area contributed by atoms with E-state index in [0.29, 0.717) is 0 Å². The molecule has 1 aliphatic heterocycles. The summed E-state index contributed by atoms with van der Waals surface area (Å²) in [7, 11) is 0. The molecule has 1 rings (SSSR count). The Bertz CT molecular complexity index is 300. The number of aliphatic imine (C=N–C) groups is 2. The van der Waals surface area contributed by atoms with Crippen molar-refractivity contribution in [1.82, 2.24) is 0 Å². The minimum atomic E-state index is -0.521. The molecule has 2 N–H and O–H groups in total. The molecule has 0 bridgehead atoms. The Hall–Kier alpha value is -1.88. The van der Waals surface area contributed by atoms with Crippen molar-refractivity contribution < 1.29 is 0 Å². The van der Waals surface area contributed by atoms with Gasteiger partial charge in [0, 0.05) is 0 Å². The van der Waals surface area contributed by atoms with Gasteiger partial charge in [-0.15, -0.1) is 0 Å². The lowest BCUT2D eigenvalue weighted by Gasteiger charge is -2.07. The third-order valence-corrected chi connectivity index (χ3v) is 1.21. The van der Waals surface area contributed by atoms with Crippen LogP contribution in [0.25, 0.3) is 0 Å². The molecule has 5 heteroatoms. The first-order valence-electron chi connectivity index (χ1n) is 2.95. The molecular weight excluding hydrogens is 142 g/mol. The summed E-state index contributed by atoms with van der Waals surface area (Å²) in [6.07, 6.45) is 0. The Morgan fingerprint density at radius 2 is 2.27 bits per heavy atom. The van der Waals surface area contributed by atoms with E-state index in [4.69, 9.17) is 16.3 Å². The Balaban J connectivity index is 2.86. The fourth-order valence-electron chi connectivity index (χ4n) is 0.691. The molecule has 1 unspecified atom stereocenters. The first kappa shape index (κ1) is 7.23. The van der Waals surface area contributed by atoms with Crippen LogP contribution < -0.4 is 5.73 Å². The lowest BCUT2D eigenvalue weighted by Crippen LogP contribution is -2.30. The molecule has 0 aromatic heterocycles. The maximum absolute atomic E-state index is 8.40. The highest BCUT2D eigenvalue weighted by Gasteiger charge is 2.14. The SMILES string of the molecule is N#CC1=NCC(C#N)N=C1N. The molecule has 54 valence electrons. The van der Waals surface area contributed by atoms with Crippen molar-refractivity contribution in [2.75, 3.05) is 6.54 Å². The van der Waals surface area contributed by atoms with E-state index in [1.54, 1.807) is 6.07 Å². The van der Waals surface area contributed by atoms with Crippen molar-refractivity contribution in [2.45, 2.75) is 6.04 Å². The highest BCUT2D eigenvalue weighted by atomic mass is 15.0. The second kappa shape index (κ2) is 2.80. The number of rotatable bonds is 0. The number of amidine groups is 1. The number of nitrogens with two attached hydrogens (primary N) is 1. The molecule has 0 radical (unpaired) electrons. The third-order valence-electron chi connectivity index (χ3n) is 1.21. The highest BCUT2D eigenvalue weighted by Crippen LogP contribution is 1.97. The van der Waals surface area contributed by atoms with E-state index in [0.717, 1.165) is 0 Å². The van der Waals surface area contributed by atoms with E-state index in [2.05, 4.69) is 9.98 Å². The summed E-state index contributed by atoms with van der Waals surface area (Å²) in [5, 5.41) is 16.8. The lowest BCUT2D eigenvalue weighted by molar-refractivity contribution is 0.829. The minimum Gasteiger partial charge on any atom is -0.382 e. The van der Waals surface area contributed by atoms with Crippen molar-refractivity contribution >= 4 is 11.5 Å². The van der Waals surface area contributed by atoms with Gasteiger partial charge in [-0.25, -0.2) is 4.99 Å². The van der Waals surface area contributed by atoms with Gasteiger partial charge in [0.15, 0.2) is 17.6 Å². The monoisotopic (exact) mass is 147 g/mol. The molecule has 1 atom stereocenters. The smallest absolute Gasteiger partial charge is 0.177 e. The summed E-state index contributed by atoms with van der Waals surface area (Å²) in [5.41, 5.74) is 5.42.